The molecule has 2 N–H and O–H groups in total. The molecular weight excluding hydrogens is 302 g/mol. The van der Waals surface area contributed by atoms with Crippen LogP contribution in [-0.4, -0.2) is 21.5 Å². The monoisotopic (exact) mass is 306 g/mol. The summed E-state index contributed by atoms with van der Waals surface area (Å²) in [5, 5.41) is 4.39. The zero-order valence-electron chi connectivity index (χ0n) is 8.59. The van der Waals surface area contributed by atoms with Crippen LogP contribution in [-0.2, 0) is 4.79 Å². The fourth-order valence-electron chi connectivity index (χ4n) is 1.52. The predicted molar refractivity (Wildman–Crippen MR) is 67.2 cm³/mol. The number of halogens is 3. The molecule has 3 amide bonds. The summed E-state index contributed by atoms with van der Waals surface area (Å²) in [6.07, 6.45) is 0. The summed E-state index contributed by atoms with van der Waals surface area (Å²) >= 11 is 16.2. The van der Waals surface area contributed by atoms with Gasteiger partial charge in [-0.15, -0.1) is 0 Å². The second-order valence-electron chi connectivity index (χ2n) is 3.46. The number of fused-ring (bicyclic) bond motifs is 1. The van der Waals surface area contributed by atoms with Crippen molar-refractivity contribution < 1.29 is 14.4 Å². The number of imide groups is 1. The standard InChI is InChI=1S/C10H5Cl3N2O3/c11-10(12,13)9(18)14-5-3-1-2-4-6(5)8(17)15-7(4)16/h1-3H,(H,14,18)(H,15,16,17). The number of nitrogens with one attached hydrogen (secondary N) is 2. The summed E-state index contributed by atoms with van der Waals surface area (Å²) in [6, 6.07) is 4.40. The first-order valence-electron chi connectivity index (χ1n) is 4.67. The van der Waals surface area contributed by atoms with E-state index in [-0.39, 0.29) is 16.8 Å². The van der Waals surface area contributed by atoms with Gasteiger partial charge in [-0.05, 0) is 12.1 Å². The third-order valence-electron chi connectivity index (χ3n) is 2.27. The Bertz CT molecular complexity index is 566. The Balaban J connectivity index is 2.40. The van der Waals surface area contributed by atoms with Gasteiger partial charge in [0.15, 0.2) is 0 Å². The lowest BCUT2D eigenvalue weighted by atomic mass is 10.1. The summed E-state index contributed by atoms with van der Waals surface area (Å²) in [5.74, 6) is -2.04. The van der Waals surface area contributed by atoms with Gasteiger partial charge in [0.1, 0.15) is 0 Å². The molecule has 2 rings (SSSR count). The molecule has 1 aromatic carbocycles. The quantitative estimate of drug-likeness (QED) is 0.614. The van der Waals surface area contributed by atoms with E-state index in [0.717, 1.165) is 0 Å². The summed E-state index contributed by atoms with van der Waals surface area (Å²) in [7, 11) is 0. The number of rotatable bonds is 1. The van der Waals surface area contributed by atoms with Crippen LogP contribution < -0.4 is 10.6 Å². The van der Waals surface area contributed by atoms with E-state index < -0.39 is 21.5 Å². The van der Waals surface area contributed by atoms with Gasteiger partial charge in [0.25, 0.3) is 21.5 Å². The minimum atomic E-state index is -2.15. The van der Waals surface area contributed by atoms with Gasteiger partial charge >= 0.3 is 0 Å². The van der Waals surface area contributed by atoms with E-state index in [4.69, 9.17) is 34.8 Å². The van der Waals surface area contributed by atoms with Crippen LogP contribution >= 0.6 is 34.8 Å². The predicted octanol–water partition coefficient (Wildman–Crippen LogP) is 1.88. The largest absolute Gasteiger partial charge is 0.322 e. The van der Waals surface area contributed by atoms with Crippen molar-refractivity contribution in [1.82, 2.24) is 5.32 Å². The van der Waals surface area contributed by atoms with Crippen molar-refractivity contribution in [1.29, 1.82) is 0 Å². The lowest BCUT2D eigenvalue weighted by molar-refractivity contribution is -0.115. The number of anilines is 1. The Morgan fingerprint density at radius 3 is 2.44 bits per heavy atom. The van der Waals surface area contributed by atoms with E-state index in [1.165, 1.54) is 18.2 Å². The van der Waals surface area contributed by atoms with E-state index in [0.29, 0.717) is 0 Å². The first kappa shape index (κ1) is 13.1. The van der Waals surface area contributed by atoms with Crippen molar-refractivity contribution in [2.24, 2.45) is 0 Å². The van der Waals surface area contributed by atoms with E-state index >= 15 is 0 Å². The fraction of sp³-hybridized carbons (Fsp3) is 0.100. The molecule has 0 unspecified atom stereocenters. The van der Waals surface area contributed by atoms with Crippen LogP contribution in [0.25, 0.3) is 0 Å². The Kier molecular flexibility index (Phi) is 3.23. The molecule has 0 saturated heterocycles. The van der Waals surface area contributed by atoms with Gasteiger partial charge in [-0.2, -0.15) is 0 Å². The van der Waals surface area contributed by atoms with Crippen LogP contribution in [0.15, 0.2) is 18.2 Å². The highest BCUT2D eigenvalue weighted by molar-refractivity contribution is 6.76. The van der Waals surface area contributed by atoms with Crippen molar-refractivity contribution in [2.45, 2.75) is 3.79 Å². The molecule has 0 bridgehead atoms. The molecule has 8 heteroatoms. The highest BCUT2D eigenvalue weighted by Gasteiger charge is 2.34. The molecule has 1 aliphatic heterocycles. The highest BCUT2D eigenvalue weighted by Crippen LogP contribution is 2.30. The van der Waals surface area contributed by atoms with Gasteiger partial charge in [0.05, 0.1) is 16.8 Å². The number of carbonyl (C=O) groups excluding carboxylic acids is 3. The maximum atomic E-state index is 11.5. The Morgan fingerprint density at radius 2 is 1.83 bits per heavy atom. The van der Waals surface area contributed by atoms with Crippen molar-refractivity contribution in [3.63, 3.8) is 0 Å². The van der Waals surface area contributed by atoms with Crippen molar-refractivity contribution in [2.75, 3.05) is 5.32 Å². The van der Waals surface area contributed by atoms with Crippen LogP contribution in [0.1, 0.15) is 20.7 Å². The van der Waals surface area contributed by atoms with E-state index in [1.807, 2.05) is 0 Å². The molecule has 94 valence electrons. The molecule has 0 aromatic heterocycles. The topological polar surface area (TPSA) is 75.3 Å². The van der Waals surface area contributed by atoms with E-state index in [1.54, 1.807) is 0 Å². The lowest BCUT2D eigenvalue weighted by Gasteiger charge is -2.12. The smallest absolute Gasteiger partial charge is 0.276 e. The van der Waals surface area contributed by atoms with Crippen molar-refractivity contribution in [3.8, 4) is 0 Å². The molecule has 1 aromatic rings. The van der Waals surface area contributed by atoms with Gasteiger partial charge in [-0.3, -0.25) is 19.7 Å². The average molecular weight is 308 g/mol. The minimum Gasteiger partial charge on any atom is -0.322 e. The average Bonchev–Trinajstić information content (AvgIpc) is 2.54. The number of carbonyl (C=O) groups is 3. The molecular formula is C10H5Cl3N2O3. The maximum absolute atomic E-state index is 11.5. The summed E-state index contributed by atoms with van der Waals surface area (Å²) in [4.78, 5) is 34.4. The van der Waals surface area contributed by atoms with Crippen LogP contribution in [0.5, 0.6) is 0 Å². The summed E-state index contributed by atoms with van der Waals surface area (Å²) < 4.78 is -2.15. The number of hydrogen-bond acceptors (Lipinski definition) is 3. The van der Waals surface area contributed by atoms with Crippen LogP contribution in [0.3, 0.4) is 0 Å². The van der Waals surface area contributed by atoms with Crippen LogP contribution in [0, 0.1) is 0 Å². The zero-order chi connectivity index (χ0) is 13.5. The molecule has 0 spiro atoms. The van der Waals surface area contributed by atoms with Gasteiger partial charge in [-0.1, -0.05) is 40.9 Å². The SMILES string of the molecule is O=C1NC(=O)c2c(NC(=O)C(Cl)(Cl)Cl)cccc21. The summed E-state index contributed by atoms with van der Waals surface area (Å²) in [5.41, 5.74) is 0.347. The Hall–Kier alpha value is -1.30. The van der Waals surface area contributed by atoms with Gasteiger partial charge in [-0.25, -0.2) is 0 Å². The third-order valence-corrected chi connectivity index (χ3v) is 2.78. The number of benzene rings is 1. The van der Waals surface area contributed by atoms with Crippen molar-refractivity contribution in [3.05, 3.63) is 29.3 Å². The molecule has 1 aliphatic rings. The highest BCUT2D eigenvalue weighted by atomic mass is 35.6. The third kappa shape index (κ3) is 2.29. The van der Waals surface area contributed by atoms with Crippen molar-refractivity contribution >= 4 is 58.2 Å². The molecule has 0 aliphatic carbocycles. The number of alkyl halides is 3. The molecule has 0 atom stereocenters. The molecule has 0 radical (unpaired) electrons. The van der Waals surface area contributed by atoms with Crippen LogP contribution in [0.2, 0.25) is 0 Å². The first-order valence-corrected chi connectivity index (χ1v) is 5.81. The number of amides is 3. The minimum absolute atomic E-state index is 0.0603. The molecule has 5 nitrogen and oxygen atoms in total. The second kappa shape index (κ2) is 4.42. The lowest BCUT2D eigenvalue weighted by Crippen LogP contribution is -2.28. The van der Waals surface area contributed by atoms with Gasteiger partial charge in [0.2, 0.25) is 0 Å². The Labute approximate surface area is 116 Å². The fourth-order valence-corrected chi connectivity index (χ4v) is 1.66. The molecule has 0 saturated carbocycles. The first-order chi connectivity index (χ1) is 8.30. The Morgan fingerprint density at radius 1 is 1.17 bits per heavy atom. The molecule has 1 heterocycles. The maximum Gasteiger partial charge on any atom is 0.276 e. The van der Waals surface area contributed by atoms with E-state index in [9.17, 15) is 14.4 Å². The molecule has 0 fully saturated rings. The summed E-state index contributed by atoms with van der Waals surface area (Å²) in [6.45, 7) is 0. The van der Waals surface area contributed by atoms with Crippen LogP contribution in [0.4, 0.5) is 5.69 Å². The number of hydrogen-bond donors (Lipinski definition) is 2. The zero-order valence-corrected chi connectivity index (χ0v) is 10.9. The molecule has 18 heavy (non-hydrogen) atoms. The van der Waals surface area contributed by atoms with Gasteiger partial charge < -0.3 is 5.32 Å². The van der Waals surface area contributed by atoms with Gasteiger partial charge in [0, 0.05) is 0 Å². The normalized spacial score (nSPS) is 14.2. The second-order valence-corrected chi connectivity index (χ2v) is 5.74. The van der Waals surface area contributed by atoms with E-state index in [2.05, 4.69) is 10.6 Å².